The van der Waals surface area contributed by atoms with Gasteiger partial charge in [0.05, 0.1) is 11.9 Å². The first kappa shape index (κ1) is 28.9. The molecule has 10 heteroatoms. The molecule has 192 valence electrons. The van der Waals surface area contributed by atoms with Gasteiger partial charge in [-0.2, -0.15) is 0 Å². The van der Waals surface area contributed by atoms with E-state index < -0.39 is 28.5 Å². The highest BCUT2D eigenvalue weighted by Crippen LogP contribution is 2.26. The molecule has 0 unspecified atom stereocenters. The lowest BCUT2D eigenvalue weighted by molar-refractivity contribution is -0.139. The Kier molecular flexibility index (Phi) is 10.4. The van der Waals surface area contributed by atoms with Gasteiger partial charge < -0.3 is 10.2 Å². The molecule has 0 saturated heterocycles. The molecule has 7 nitrogen and oxygen atoms in total. The van der Waals surface area contributed by atoms with E-state index in [1.807, 2.05) is 32.9 Å². The van der Waals surface area contributed by atoms with E-state index in [0.29, 0.717) is 27.7 Å². The van der Waals surface area contributed by atoms with Crippen molar-refractivity contribution < 1.29 is 18.0 Å². The normalized spacial score (nSPS) is 13.1. The molecule has 0 aromatic heterocycles. The molecule has 2 rings (SSSR count). The second kappa shape index (κ2) is 12.6. The van der Waals surface area contributed by atoms with Crippen LogP contribution in [0.2, 0.25) is 10.0 Å². The second-order valence-corrected chi connectivity index (χ2v) is 11.3. The number of halogens is 2. The van der Waals surface area contributed by atoms with Crippen molar-refractivity contribution in [2.24, 2.45) is 0 Å². The summed E-state index contributed by atoms with van der Waals surface area (Å²) in [5.41, 5.74) is 1.82. The van der Waals surface area contributed by atoms with E-state index >= 15 is 0 Å². The van der Waals surface area contributed by atoms with E-state index in [1.54, 1.807) is 37.3 Å². The van der Waals surface area contributed by atoms with Crippen molar-refractivity contribution in [3.8, 4) is 0 Å². The van der Waals surface area contributed by atoms with Gasteiger partial charge in [0.2, 0.25) is 21.8 Å². The first-order chi connectivity index (χ1) is 16.4. The predicted octanol–water partition coefficient (Wildman–Crippen LogP) is 4.65. The third-order valence-electron chi connectivity index (χ3n) is 5.84. The van der Waals surface area contributed by atoms with Crippen molar-refractivity contribution in [2.45, 2.75) is 59.2 Å². The van der Waals surface area contributed by atoms with Crippen LogP contribution in [0.25, 0.3) is 0 Å². The fourth-order valence-electron chi connectivity index (χ4n) is 3.53. The predicted molar refractivity (Wildman–Crippen MR) is 142 cm³/mol. The van der Waals surface area contributed by atoms with E-state index in [1.165, 1.54) is 4.90 Å². The number of hydrogen-bond donors (Lipinski definition) is 1. The van der Waals surface area contributed by atoms with Crippen LogP contribution >= 0.6 is 23.2 Å². The molecule has 1 N–H and O–H groups in total. The van der Waals surface area contributed by atoms with Crippen LogP contribution in [0.1, 0.15) is 45.2 Å². The Morgan fingerprint density at radius 1 is 1.03 bits per heavy atom. The van der Waals surface area contributed by atoms with Gasteiger partial charge in [-0.1, -0.05) is 61.3 Å². The molecule has 2 aromatic rings. The molecular formula is C25H33Cl2N3O4S. The highest BCUT2D eigenvalue weighted by Gasteiger charge is 2.31. The van der Waals surface area contributed by atoms with Gasteiger partial charge in [0.25, 0.3) is 0 Å². The molecule has 0 aliphatic carbocycles. The lowest BCUT2D eigenvalue weighted by Gasteiger charge is -2.32. The van der Waals surface area contributed by atoms with Crippen molar-refractivity contribution in [2.75, 3.05) is 17.1 Å². The standard InChI is InChI=1S/C25H33Cl2N3O4S/c1-6-17(3)28-25(32)18(4)29(15-20-12-13-21(26)14-22(20)27)24(31)16-30(35(5,33)34)23-11-9-8-10-19(23)7-2/h8-14,17-18H,6-7,15-16H2,1-5H3,(H,28,32)/t17-,18+/m0/s1. The molecule has 0 aliphatic rings. The monoisotopic (exact) mass is 541 g/mol. The minimum Gasteiger partial charge on any atom is -0.352 e. The molecule has 0 bridgehead atoms. The van der Waals surface area contributed by atoms with Crippen LogP contribution in [0.5, 0.6) is 0 Å². The molecule has 0 heterocycles. The summed E-state index contributed by atoms with van der Waals surface area (Å²) in [5, 5.41) is 3.68. The Bertz CT molecular complexity index is 1160. The molecule has 0 spiro atoms. The summed E-state index contributed by atoms with van der Waals surface area (Å²) in [6.45, 7) is 6.90. The van der Waals surface area contributed by atoms with Gasteiger partial charge in [-0.25, -0.2) is 8.42 Å². The molecular weight excluding hydrogens is 509 g/mol. The number of nitrogens with one attached hydrogen (secondary N) is 1. The summed E-state index contributed by atoms with van der Waals surface area (Å²) in [4.78, 5) is 27.9. The number of aryl methyl sites for hydroxylation is 1. The zero-order valence-electron chi connectivity index (χ0n) is 20.7. The summed E-state index contributed by atoms with van der Waals surface area (Å²) >= 11 is 12.4. The molecule has 0 saturated carbocycles. The van der Waals surface area contributed by atoms with Gasteiger partial charge in [-0.3, -0.25) is 13.9 Å². The van der Waals surface area contributed by atoms with Crippen LogP contribution in [-0.4, -0.2) is 50.0 Å². The highest BCUT2D eigenvalue weighted by molar-refractivity contribution is 7.92. The maximum absolute atomic E-state index is 13.6. The number of hydrogen-bond acceptors (Lipinski definition) is 4. The number of carbonyl (C=O) groups excluding carboxylic acids is 2. The number of nitrogens with zero attached hydrogens (tertiary/aromatic N) is 2. The second-order valence-electron chi connectivity index (χ2n) is 8.50. The van der Waals surface area contributed by atoms with Gasteiger partial charge in [-0.05, 0) is 56.0 Å². The van der Waals surface area contributed by atoms with Crippen LogP contribution in [0.4, 0.5) is 5.69 Å². The number of rotatable bonds is 11. The fraction of sp³-hybridized carbons (Fsp3) is 0.440. The Hall–Kier alpha value is -2.29. The van der Waals surface area contributed by atoms with Crippen molar-refractivity contribution in [1.29, 1.82) is 0 Å². The minimum absolute atomic E-state index is 0.0109. The number of anilines is 1. The van der Waals surface area contributed by atoms with Gasteiger partial charge in [0.15, 0.2) is 0 Å². The van der Waals surface area contributed by atoms with Gasteiger partial charge in [0, 0.05) is 22.6 Å². The molecule has 2 aromatic carbocycles. The van der Waals surface area contributed by atoms with Crippen molar-refractivity contribution in [3.05, 3.63) is 63.6 Å². The zero-order valence-corrected chi connectivity index (χ0v) is 23.0. The quantitative estimate of drug-likeness (QED) is 0.448. The van der Waals surface area contributed by atoms with E-state index in [4.69, 9.17) is 23.2 Å². The lowest BCUT2D eigenvalue weighted by atomic mass is 10.1. The SMILES string of the molecule is CCc1ccccc1N(CC(=O)N(Cc1ccc(Cl)cc1Cl)[C@H](C)C(=O)N[C@@H](C)CC)S(C)(=O)=O. The zero-order chi connectivity index (χ0) is 26.3. The highest BCUT2D eigenvalue weighted by atomic mass is 35.5. The average molecular weight is 543 g/mol. The summed E-state index contributed by atoms with van der Waals surface area (Å²) in [6, 6.07) is 11.0. The van der Waals surface area contributed by atoms with E-state index in [9.17, 15) is 18.0 Å². The van der Waals surface area contributed by atoms with Crippen molar-refractivity contribution in [3.63, 3.8) is 0 Å². The third-order valence-corrected chi connectivity index (χ3v) is 7.56. The van der Waals surface area contributed by atoms with Crippen molar-refractivity contribution >= 4 is 50.7 Å². The van der Waals surface area contributed by atoms with E-state index in [2.05, 4.69) is 5.32 Å². The Morgan fingerprint density at radius 2 is 1.69 bits per heavy atom. The summed E-state index contributed by atoms with van der Waals surface area (Å²) < 4.78 is 26.6. The molecule has 2 atom stereocenters. The van der Waals surface area contributed by atoms with Crippen LogP contribution in [-0.2, 0) is 32.6 Å². The van der Waals surface area contributed by atoms with Crippen LogP contribution in [0.15, 0.2) is 42.5 Å². The maximum atomic E-state index is 13.6. The number of sulfonamides is 1. The number of amides is 2. The summed E-state index contributed by atoms with van der Waals surface area (Å²) in [6.07, 6.45) is 2.38. The molecule has 0 fully saturated rings. The first-order valence-electron chi connectivity index (χ1n) is 11.5. The smallest absolute Gasteiger partial charge is 0.244 e. The Labute approximate surface area is 218 Å². The topological polar surface area (TPSA) is 86.8 Å². The van der Waals surface area contributed by atoms with Crippen molar-refractivity contribution in [1.82, 2.24) is 10.2 Å². The summed E-state index contributed by atoms with van der Waals surface area (Å²) in [5.74, 6) is -0.864. The lowest BCUT2D eigenvalue weighted by Crippen LogP contribution is -2.52. The number of para-hydroxylation sites is 1. The first-order valence-corrected chi connectivity index (χ1v) is 14.1. The van der Waals surface area contributed by atoms with Crippen LogP contribution < -0.4 is 9.62 Å². The van der Waals surface area contributed by atoms with E-state index in [-0.39, 0.29) is 18.5 Å². The minimum atomic E-state index is -3.79. The Morgan fingerprint density at radius 3 is 2.26 bits per heavy atom. The third kappa shape index (κ3) is 7.85. The maximum Gasteiger partial charge on any atom is 0.244 e. The summed E-state index contributed by atoms with van der Waals surface area (Å²) in [7, 11) is -3.79. The van der Waals surface area contributed by atoms with E-state index in [0.717, 1.165) is 22.5 Å². The molecule has 2 amide bonds. The van der Waals surface area contributed by atoms with Crippen LogP contribution in [0, 0.1) is 0 Å². The molecule has 0 radical (unpaired) electrons. The van der Waals surface area contributed by atoms with Gasteiger partial charge in [-0.15, -0.1) is 0 Å². The largest absolute Gasteiger partial charge is 0.352 e. The fourth-order valence-corrected chi connectivity index (χ4v) is 4.88. The van der Waals surface area contributed by atoms with Gasteiger partial charge in [0.1, 0.15) is 12.6 Å². The molecule has 35 heavy (non-hydrogen) atoms. The van der Waals surface area contributed by atoms with Crippen LogP contribution in [0.3, 0.4) is 0 Å². The van der Waals surface area contributed by atoms with Gasteiger partial charge >= 0.3 is 0 Å². The average Bonchev–Trinajstić information content (AvgIpc) is 2.80. The molecule has 0 aliphatic heterocycles. The number of benzene rings is 2. The Balaban J connectivity index is 2.46. The number of carbonyl (C=O) groups is 2.